The molecule has 0 spiro atoms. The Labute approximate surface area is 170 Å². The molecule has 9 heteroatoms. The summed E-state index contributed by atoms with van der Waals surface area (Å²) in [6, 6.07) is 13.8. The summed E-state index contributed by atoms with van der Waals surface area (Å²) in [5.74, 6) is -0.249. The molecular weight excluding hydrogens is 401 g/mol. The largest absolute Gasteiger partial charge is 0.366 e. The van der Waals surface area contributed by atoms with Gasteiger partial charge < -0.3 is 9.80 Å². The van der Waals surface area contributed by atoms with Gasteiger partial charge in [0.05, 0.1) is 10.7 Å². The first-order valence-electron chi connectivity index (χ1n) is 8.75. The number of urea groups is 1. The van der Waals surface area contributed by atoms with E-state index < -0.39 is 0 Å². The van der Waals surface area contributed by atoms with Crippen molar-refractivity contribution in [2.45, 2.75) is 0 Å². The van der Waals surface area contributed by atoms with Crippen molar-refractivity contribution in [2.24, 2.45) is 0 Å². The van der Waals surface area contributed by atoms with Crippen LogP contribution in [0, 0.1) is 5.82 Å². The van der Waals surface area contributed by atoms with Crippen molar-refractivity contribution in [1.82, 2.24) is 15.1 Å². The average Bonchev–Trinajstić information content (AvgIpc) is 3.17. The quantitative estimate of drug-likeness (QED) is 0.688. The normalized spacial score (nSPS) is 14.2. The lowest BCUT2D eigenvalue weighted by atomic mass is 10.2. The van der Waals surface area contributed by atoms with E-state index in [1.807, 2.05) is 29.2 Å². The fourth-order valence-electron chi connectivity index (χ4n) is 3.05. The number of halogens is 2. The third-order valence-corrected chi connectivity index (χ3v) is 5.70. The summed E-state index contributed by atoms with van der Waals surface area (Å²) in [6.45, 7) is 2.12. The van der Waals surface area contributed by atoms with E-state index in [0.717, 1.165) is 5.56 Å². The highest BCUT2D eigenvalue weighted by atomic mass is 35.5. The Morgan fingerprint density at radius 1 is 1.04 bits per heavy atom. The number of amides is 2. The summed E-state index contributed by atoms with van der Waals surface area (Å²) < 4.78 is 13.9. The number of benzene rings is 2. The zero-order valence-electron chi connectivity index (χ0n) is 14.8. The number of hydrogen-bond acceptors (Lipinski definition) is 5. The smallest absolute Gasteiger partial charge is 0.323 e. The zero-order valence-corrected chi connectivity index (χ0v) is 16.4. The molecule has 28 heavy (non-hydrogen) atoms. The van der Waals surface area contributed by atoms with Gasteiger partial charge in [-0.3, -0.25) is 5.32 Å². The molecule has 4 rings (SSSR count). The molecule has 1 saturated heterocycles. The van der Waals surface area contributed by atoms with Crippen LogP contribution in [0.15, 0.2) is 48.5 Å². The first kappa shape index (κ1) is 18.6. The van der Waals surface area contributed by atoms with E-state index in [2.05, 4.69) is 15.5 Å². The summed E-state index contributed by atoms with van der Waals surface area (Å²) in [4.78, 5) is 16.2. The molecule has 1 aliphatic heterocycles. The Morgan fingerprint density at radius 2 is 1.75 bits per heavy atom. The Bertz CT molecular complexity index is 990. The molecule has 3 aromatic rings. The molecule has 0 atom stereocenters. The van der Waals surface area contributed by atoms with Crippen LogP contribution in [-0.2, 0) is 0 Å². The first-order chi connectivity index (χ1) is 13.6. The van der Waals surface area contributed by atoms with Gasteiger partial charge in [0.15, 0.2) is 5.01 Å². The van der Waals surface area contributed by atoms with Crippen LogP contribution in [0.2, 0.25) is 5.02 Å². The number of aromatic nitrogens is 2. The third kappa shape index (κ3) is 3.93. The second-order valence-electron chi connectivity index (χ2n) is 6.25. The van der Waals surface area contributed by atoms with Crippen LogP contribution < -0.4 is 10.2 Å². The molecule has 0 radical (unpaired) electrons. The molecule has 1 aliphatic rings. The Balaban J connectivity index is 1.37. The fraction of sp³-hybridized carbons (Fsp3) is 0.211. The third-order valence-electron chi connectivity index (χ3n) is 4.50. The second kappa shape index (κ2) is 8.12. The first-order valence-corrected chi connectivity index (χ1v) is 9.95. The predicted octanol–water partition coefficient (Wildman–Crippen LogP) is 4.35. The molecule has 1 fully saturated rings. The van der Waals surface area contributed by atoms with Crippen LogP contribution in [0.3, 0.4) is 0 Å². The summed E-state index contributed by atoms with van der Waals surface area (Å²) in [7, 11) is 0. The van der Waals surface area contributed by atoms with Crippen LogP contribution in [0.25, 0.3) is 10.6 Å². The topological polar surface area (TPSA) is 61.4 Å². The zero-order chi connectivity index (χ0) is 19.5. The summed E-state index contributed by atoms with van der Waals surface area (Å²) in [5, 5.41) is 12.6. The van der Waals surface area contributed by atoms with Gasteiger partial charge in [0, 0.05) is 31.7 Å². The van der Waals surface area contributed by atoms with Crippen LogP contribution in [-0.4, -0.2) is 47.3 Å². The Kier molecular flexibility index (Phi) is 5.40. The highest BCUT2D eigenvalue weighted by Gasteiger charge is 2.23. The van der Waals surface area contributed by atoms with Gasteiger partial charge in [-0.1, -0.05) is 53.3 Å². The Morgan fingerprint density at radius 3 is 2.50 bits per heavy atom. The van der Waals surface area contributed by atoms with Crippen molar-refractivity contribution in [3.05, 3.63) is 59.4 Å². The van der Waals surface area contributed by atoms with Crippen molar-refractivity contribution in [3.63, 3.8) is 0 Å². The number of carbonyl (C=O) groups excluding carboxylic acids is 1. The molecule has 0 bridgehead atoms. The predicted molar refractivity (Wildman–Crippen MR) is 110 cm³/mol. The maximum absolute atomic E-state index is 13.9. The SMILES string of the molecule is O=C(Nc1nnc(-c2ccccc2Cl)s1)N1CCN(c2ccccc2F)CC1. The number of nitrogens with zero attached hydrogens (tertiary/aromatic N) is 4. The second-order valence-corrected chi connectivity index (χ2v) is 7.63. The number of para-hydroxylation sites is 1. The molecule has 6 nitrogen and oxygen atoms in total. The van der Waals surface area contributed by atoms with Crippen molar-refractivity contribution in [3.8, 4) is 10.6 Å². The standard InChI is InChI=1S/C19H17ClFN5OS/c20-14-6-2-1-5-13(14)17-23-24-18(28-17)22-19(27)26-11-9-25(10-12-26)16-8-4-3-7-15(16)21/h1-8H,9-12H2,(H,22,24,27). The maximum Gasteiger partial charge on any atom is 0.323 e. The van der Waals surface area contributed by atoms with Crippen molar-refractivity contribution < 1.29 is 9.18 Å². The molecule has 1 aromatic heterocycles. The molecule has 0 aliphatic carbocycles. The van der Waals surface area contributed by atoms with E-state index in [0.29, 0.717) is 47.0 Å². The van der Waals surface area contributed by atoms with E-state index in [1.54, 1.807) is 23.1 Å². The monoisotopic (exact) mass is 417 g/mol. The lowest BCUT2D eigenvalue weighted by Gasteiger charge is -2.35. The highest BCUT2D eigenvalue weighted by Crippen LogP contribution is 2.31. The maximum atomic E-state index is 13.9. The molecule has 1 N–H and O–H groups in total. The molecule has 2 heterocycles. The molecule has 0 unspecified atom stereocenters. The number of piperazine rings is 1. The molecule has 2 amide bonds. The summed E-state index contributed by atoms with van der Waals surface area (Å²) in [6.07, 6.45) is 0. The minimum absolute atomic E-state index is 0.241. The van der Waals surface area contributed by atoms with Crippen LogP contribution >= 0.6 is 22.9 Å². The van der Waals surface area contributed by atoms with Gasteiger partial charge in [0.25, 0.3) is 0 Å². The lowest BCUT2D eigenvalue weighted by molar-refractivity contribution is 0.208. The molecule has 0 saturated carbocycles. The van der Waals surface area contributed by atoms with Crippen LogP contribution in [0.1, 0.15) is 0 Å². The van der Waals surface area contributed by atoms with Crippen molar-refractivity contribution >= 4 is 39.8 Å². The van der Waals surface area contributed by atoms with Crippen molar-refractivity contribution in [2.75, 3.05) is 36.4 Å². The van der Waals surface area contributed by atoms with Gasteiger partial charge in [-0.25, -0.2) is 9.18 Å². The van der Waals surface area contributed by atoms with Gasteiger partial charge in [-0.2, -0.15) is 0 Å². The number of carbonyl (C=O) groups is 1. The van der Waals surface area contributed by atoms with E-state index in [9.17, 15) is 9.18 Å². The number of rotatable bonds is 3. The van der Waals surface area contributed by atoms with E-state index in [4.69, 9.17) is 11.6 Å². The molecule has 144 valence electrons. The molecule has 2 aromatic carbocycles. The van der Waals surface area contributed by atoms with E-state index in [1.165, 1.54) is 17.4 Å². The van der Waals surface area contributed by atoms with Gasteiger partial charge in [-0.05, 0) is 18.2 Å². The Hall–Kier alpha value is -2.71. The summed E-state index contributed by atoms with van der Waals surface area (Å²) in [5.41, 5.74) is 1.34. The minimum atomic E-state index is -0.249. The van der Waals surface area contributed by atoms with Crippen molar-refractivity contribution in [1.29, 1.82) is 0 Å². The van der Waals surface area contributed by atoms with Gasteiger partial charge in [0.2, 0.25) is 5.13 Å². The summed E-state index contributed by atoms with van der Waals surface area (Å²) >= 11 is 7.45. The number of nitrogens with one attached hydrogen (secondary N) is 1. The number of hydrogen-bond donors (Lipinski definition) is 1. The van der Waals surface area contributed by atoms with Gasteiger partial charge in [-0.15, -0.1) is 10.2 Å². The van der Waals surface area contributed by atoms with E-state index >= 15 is 0 Å². The average molecular weight is 418 g/mol. The number of anilines is 2. The van der Waals surface area contributed by atoms with Gasteiger partial charge >= 0.3 is 6.03 Å². The van der Waals surface area contributed by atoms with Crippen LogP contribution in [0.5, 0.6) is 0 Å². The highest BCUT2D eigenvalue weighted by molar-refractivity contribution is 7.18. The van der Waals surface area contributed by atoms with Crippen LogP contribution in [0.4, 0.5) is 20.0 Å². The van der Waals surface area contributed by atoms with Gasteiger partial charge in [0.1, 0.15) is 5.82 Å². The minimum Gasteiger partial charge on any atom is -0.366 e. The van der Waals surface area contributed by atoms with E-state index in [-0.39, 0.29) is 11.8 Å². The molecular formula is C19H17ClFN5OS. The fourth-order valence-corrected chi connectivity index (χ4v) is 4.10. The lowest BCUT2D eigenvalue weighted by Crippen LogP contribution is -2.50.